The van der Waals surface area contributed by atoms with Gasteiger partial charge in [-0.3, -0.25) is 0 Å². The normalized spacial score (nSPS) is 14.5. The smallest absolute Gasteiger partial charge is 0.164 e. The molecule has 2 unspecified atom stereocenters. The fourth-order valence-electron chi connectivity index (χ4n) is 9.96. The minimum absolute atomic E-state index is 0.0518. The maximum Gasteiger partial charge on any atom is 0.164 e. The Hall–Kier alpha value is -8.19. The zero-order valence-corrected chi connectivity index (χ0v) is 35.8. The number of benzene rings is 8. The molecule has 3 aliphatic carbocycles. The lowest BCUT2D eigenvalue weighted by Crippen LogP contribution is -2.27. The molecule has 6 heteroatoms. The molecule has 0 N–H and O–H groups in total. The van der Waals surface area contributed by atoms with E-state index in [-0.39, 0.29) is 11.8 Å². The van der Waals surface area contributed by atoms with Gasteiger partial charge in [0.2, 0.25) is 0 Å². The van der Waals surface area contributed by atoms with Gasteiger partial charge >= 0.3 is 0 Å². The van der Waals surface area contributed by atoms with E-state index in [0.29, 0.717) is 23.3 Å². The molecular weight excluding hydrogens is 811 g/mol. The number of rotatable bonds is 7. The van der Waals surface area contributed by atoms with Crippen molar-refractivity contribution in [1.29, 1.82) is 0 Å². The monoisotopic (exact) mass is 847 g/mol. The highest BCUT2D eigenvalue weighted by atomic mass is 32.1. The average molecular weight is 848 g/mol. The molecule has 0 spiro atoms. The van der Waals surface area contributed by atoms with Crippen LogP contribution in [0.5, 0.6) is 0 Å². The highest BCUT2D eigenvalue weighted by Gasteiger charge is 2.41. The van der Waals surface area contributed by atoms with Gasteiger partial charge in [0.15, 0.2) is 23.3 Å². The predicted octanol–water partition coefficient (Wildman–Crippen LogP) is 14.5. The molecule has 0 saturated carbocycles. The van der Waals surface area contributed by atoms with Gasteiger partial charge in [-0.15, -0.1) is 11.3 Å². The average Bonchev–Trinajstić information content (AvgIpc) is 3.83. The molecule has 8 aromatic carbocycles. The highest BCUT2D eigenvalue weighted by molar-refractivity contribution is 7.17. The van der Waals surface area contributed by atoms with Crippen molar-refractivity contribution in [3.8, 4) is 79.2 Å². The lowest BCUT2D eigenvalue weighted by molar-refractivity contribution is 0.754. The van der Waals surface area contributed by atoms with Crippen molar-refractivity contribution >= 4 is 21.4 Å². The summed E-state index contributed by atoms with van der Waals surface area (Å²) in [5.41, 5.74) is 18.1. The van der Waals surface area contributed by atoms with Gasteiger partial charge in [0, 0.05) is 60.9 Å². The quantitative estimate of drug-likeness (QED) is 0.160. The molecule has 2 bridgehead atoms. The van der Waals surface area contributed by atoms with Gasteiger partial charge in [0.05, 0.1) is 11.4 Å². The van der Waals surface area contributed by atoms with Crippen LogP contribution < -0.4 is 0 Å². The number of hydrogen-bond donors (Lipinski definition) is 0. The maximum atomic E-state index is 5.29. The first-order chi connectivity index (χ1) is 32.2. The summed E-state index contributed by atoms with van der Waals surface area (Å²) < 4.78 is 1.29. The van der Waals surface area contributed by atoms with E-state index < -0.39 is 0 Å². The van der Waals surface area contributed by atoms with Gasteiger partial charge in [-0.1, -0.05) is 176 Å². The molecule has 65 heavy (non-hydrogen) atoms. The third-order valence-corrected chi connectivity index (χ3v) is 14.0. The fraction of sp³-hybridized carbons (Fsp3) is 0.0339. The van der Waals surface area contributed by atoms with Gasteiger partial charge in [-0.2, -0.15) is 0 Å². The molecule has 0 aliphatic heterocycles. The van der Waals surface area contributed by atoms with Crippen LogP contribution in [-0.2, 0) is 0 Å². The third-order valence-electron chi connectivity index (χ3n) is 13.0. The van der Waals surface area contributed by atoms with E-state index in [2.05, 4.69) is 169 Å². The van der Waals surface area contributed by atoms with Crippen LogP contribution in [-0.4, -0.2) is 24.9 Å². The first kappa shape index (κ1) is 37.4. The highest BCUT2D eigenvalue weighted by Crippen LogP contribution is 2.56. The molecule has 0 radical (unpaired) electrons. The van der Waals surface area contributed by atoms with E-state index in [9.17, 15) is 0 Å². The largest absolute Gasteiger partial charge is 0.228 e. The Balaban J connectivity index is 0.928. The summed E-state index contributed by atoms with van der Waals surface area (Å²) in [6.07, 6.45) is 0. The van der Waals surface area contributed by atoms with Crippen molar-refractivity contribution in [3.63, 3.8) is 0 Å². The van der Waals surface area contributed by atoms with Gasteiger partial charge in [-0.05, 0) is 74.7 Å². The molecule has 3 aromatic heterocycles. The number of aromatic nitrogens is 5. The van der Waals surface area contributed by atoms with Crippen LogP contribution in [0.25, 0.3) is 89.3 Å². The Morgan fingerprint density at radius 3 is 1.32 bits per heavy atom. The van der Waals surface area contributed by atoms with Crippen molar-refractivity contribution in [1.82, 2.24) is 24.9 Å². The van der Waals surface area contributed by atoms with Gasteiger partial charge in [0.25, 0.3) is 0 Å². The molecule has 0 saturated heterocycles. The molecule has 14 rings (SSSR count). The van der Waals surface area contributed by atoms with Crippen LogP contribution in [0.15, 0.2) is 212 Å². The molecular formula is C59H37N5S. The van der Waals surface area contributed by atoms with Crippen molar-refractivity contribution < 1.29 is 0 Å². The molecule has 304 valence electrons. The van der Waals surface area contributed by atoms with E-state index in [1.54, 1.807) is 11.3 Å². The summed E-state index contributed by atoms with van der Waals surface area (Å²) in [5, 5.41) is 3.53. The minimum Gasteiger partial charge on any atom is -0.228 e. The standard InChI is InChI=1S/C59H37N5S/c1-4-15-36(16-5-1)56-60-51(40-22-14-21-39(31-40)50-35-65-53-26-13-12-23-43(50)53)34-52(61-56)41-27-29-46-48(32-41)54-44-24-10-11-25-45(44)55(46)49-33-42(28-30-47(49)54)59-63-57(37-17-6-2-7-18-37)62-58(64-59)38-19-8-3-9-20-38/h1-35,54-55H. The third kappa shape index (κ3) is 6.41. The van der Waals surface area contributed by atoms with E-state index in [0.717, 1.165) is 44.8 Å². The Morgan fingerprint density at radius 2 is 0.723 bits per heavy atom. The van der Waals surface area contributed by atoms with Crippen LogP contribution >= 0.6 is 11.3 Å². The van der Waals surface area contributed by atoms with E-state index in [4.69, 9.17) is 24.9 Å². The maximum absolute atomic E-state index is 5.29. The van der Waals surface area contributed by atoms with E-state index >= 15 is 0 Å². The molecule has 0 amide bonds. The van der Waals surface area contributed by atoms with Crippen LogP contribution in [0.2, 0.25) is 0 Å². The first-order valence-corrected chi connectivity index (χ1v) is 22.8. The summed E-state index contributed by atoms with van der Waals surface area (Å²) in [6, 6.07) is 73.0. The topological polar surface area (TPSA) is 64.5 Å². The van der Waals surface area contributed by atoms with Crippen LogP contribution in [0.4, 0.5) is 0 Å². The van der Waals surface area contributed by atoms with Crippen molar-refractivity contribution in [2.24, 2.45) is 0 Å². The molecule has 0 fully saturated rings. The zero-order chi connectivity index (χ0) is 42.8. The summed E-state index contributed by atoms with van der Waals surface area (Å²) in [7, 11) is 0. The van der Waals surface area contributed by atoms with Crippen molar-refractivity contribution in [2.45, 2.75) is 11.8 Å². The van der Waals surface area contributed by atoms with Gasteiger partial charge in [0.1, 0.15) is 0 Å². The lowest BCUT2D eigenvalue weighted by Gasteiger charge is -2.42. The van der Waals surface area contributed by atoms with Crippen molar-refractivity contribution in [3.05, 3.63) is 245 Å². The lowest BCUT2D eigenvalue weighted by atomic mass is 9.60. The molecule has 3 aliphatic rings. The number of hydrogen-bond acceptors (Lipinski definition) is 6. The number of nitrogens with zero attached hydrogens (tertiary/aromatic N) is 5. The predicted molar refractivity (Wildman–Crippen MR) is 264 cm³/mol. The molecule has 3 heterocycles. The van der Waals surface area contributed by atoms with Crippen LogP contribution in [0.1, 0.15) is 45.2 Å². The fourth-order valence-corrected chi connectivity index (χ4v) is 10.9. The van der Waals surface area contributed by atoms with Crippen LogP contribution in [0.3, 0.4) is 0 Å². The Bertz CT molecular complexity index is 3560. The van der Waals surface area contributed by atoms with E-state index in [1.165, 1.54) is 54.6 Å². The molecule has 2 atom stereocenters. The SMILES string of the molecule is c1ccc(-c2nc(-c3cccc(-c4csc5ccccc45)c3)cc(-c3ccc4c(c3)C3c5ccccc5C4c4cc(-c5nc(-c6ccccc6)nc(-c6ccccc6)n5)ccc43)n2)cc1. The summed E-state index contributed by atoms with van der Waals surface area (Å²) in [5.74, 6) is 2.79. The van der Waals surface area contributed by atoms with Gasteiger partial charge < -0.3 is 0 Å². The number of fused-ring (bicyclic) bond motifs is 1. The minimum atomic E-state index is 0.0518. The van der Waals surface area contributed by atoms with E-state index in [1.807, 2.05) is 42.5 Å². The van der Waals surface area contributed by atoms with Crippen molar-refractivity contribution in [2.75, 3.05) is 0 Å². The summed E-state index contributed by atoms with van der Waals surface area (Å²) in [4.78, 5) is 25.7. The first-order valence-electron chi connectivity index (χ1n) is 22.0. The Labute approximate surface area is 380 Å². The second kappa shape index (κ2) is 15.3. The Morgan fingerprint density at radius 1 is 0.292 bits per heavy atom. The zero-order valence-electron chi connectivity index (χ0n) is 35.0. The number of thiophene rings is 1. The van der Waals surface area contributed by atoms with Gasteiger partial charge in [-0.25, -0.2) is 24.9 Å². The van der Waals surface area contributed by atoms with Crippen LogP contribution in [0, 0.1) is 0 Å². The molecule has 5 nitrogen and oxygen atoms in total. The molecule has 11 aromatic rings. The second-order valence-electron chi connectivity index (χ2n) is 16.8. The summed E-state index contributed by atoms with van der Waals surface area (Å²) >= 11 is 1.78. The summed E-state index contributed by atoms with van der Waals surface area (Å²) in [6.45, 7) is 0. The Kier molecular flexibility index (Phi) is 8.78. The second-order valence-corrected chi connectivity index (χ2v) is 17.7.